The maximum Gasteiger partial charge on any atom is 0.335 e. The number of nitrogens with zero attached hydrogens (tertiary/aromatic N) is 1. The highest BCUT2D eigenvalue weighted by Crippen LogP contribution is 2.51. The zero-order chi connectivity index (χ0) is 13.6. The van der Waals surface area contributed by atoms with Gasteiger partial charge in [-0.25, -0.2) is 4.39 Å². The van der Waals surface area contributed by atoms with Gasteiger partial charge in [0.25, 0.3) is 0 Å². The highest BCUT2D eigenvalue weighted by Gasteiger charge is 2.24. The van der Waals surface area contributed by atoms with Crippen molar-refractivity contribution >= 4 is 7.60 Å². The third kappa shape index (κ3) is 3.92. The minimum atomic E-state index is -3.23. The molecule has 0 bridgehead atoms. The molecule has 0 saturated heterocycles. The Morgan fingerprint density at radius 2 is 1.94 bits per heavy atom. The number of rotatable bonds is 6. The van der Waals surface area contributed by atoms with Crippen LogP contribution in [0.15, 0.2) is 18.2 Å². The average molecular weight is 271 g/mol. The van der Waals surface area contributed by atoms with E-state index in [1.165, 1.54) is 12.1 Å². The molecule has 0 radical (unpaired) electrons. The van der Waals surface area contributed by atoms with Crippen molar-refractivity contribution in [3.05, 3.63) is 35.1 Å². The highest BCUT2D eigenvalue weighted by molar-refractivity contribution is 7.53. The van der Waals surface area contributed by atoms with Gasteiger partial charge in [-0.05, 0) is 31.5 Å². The fourth-order valence-electron chi connectivity index (χ4n) is 1.49. The molecule has 0 aliphatic carbocycles. The lowest BCUT2D eigenvalue weighted by Crippen LogP contribution is -1.99. The van der Waals surface area contributed by atoms with E-state index in [-0.39, 0.29) is 24.9 Å². The molecule has 0 N–H and O–H groups in total. The maximum absolute atomic E-state index is 13.4. The van der Waals surface area contributed by atoms with Crippen molar-refractivity contribution in [1.82, 2.24) is 0 Å². The first-order valence-electron chi connectivity index (χ1n) is 5.61. The van der Waals surface area contributed by atoms with E-state index in [9.17, 15) is 8.96 Å². The first-order valence-corrected chi connectivity index (χ1v) is 7.34. The molecule has 0 aliphatic rings. The van der Waals surface area contributed by atoms with Crippen molar-refractivity contribution in [1.29, 1.82) is 5.26 Å². The Bertz CT molecular complexity index is 489. The number of hydrogen-bond acceptors (Lipinski definition) is 4. The zero-order valence-electron chi connectivity index (χ0n) is 10.4. The Morgan fingerprint density at radius 3 is 2.39 bits per heavy atom. The Labute approximate surface area is 106 Å². The van der Waals surface area contributed by atoms with Crippen molar-refractivity contribution in [2.75, 3.05) is 13.2 Å². The van der Waals surface area contributed by atoms with E-state index in [1.807, 2.05) is 0 Å². The fourth-order valence-corrected chi connectivity index (χ4v) is 3.18. The molecule has 0 heterocycles. The maximum atomic E-state index is 13.4. The van der Waals surface area contributed by atoms with Gasteiger partial charge in [0.05, 0.1) is 24.9 Å². The molecule has 98 valence electrons. The molecule has 0 saturated carbocycles. The van der Waals surface area contributed by atoms with Gasteiger partial charge < -0.3 is 9.05 Å². The van der Waals surface area contributed by atoms with Gasteiger partial charge in [0.15, 0.2) is 0 Å². The normalized spacial score (nSPS) is 11.2. The first kappa shape index (κ1) is 14.8. The van der Waals surface area contributed by atoms with Gasteiger partial charge in [0.2, 0.25) is 0 Å². The quantitative estimate of drug-likeness (QED) is 0.743. The van der Waals surface area contributed by atoms with Gasteiger partial charge in [-0.3, -0.25) is 4.57 Å². The predicted octanol–water partition coefficient (Wildman–Crippen LogP) is 3.46. The van der Waals surface area contributed by atoms with Crippen LogP contribution in [0, 0.1) is 17.1 Å². The molecule has 0 spiro atoms. The van der Waals surface area contributed by atoms with E-state index in [4.69, 9.17) is 14.3 Å². The molecular weight excluding hydrogens is 256 g/mol. The second-order valence-corrected chi connectivity index (χ2v) is 5.59. The van der Waals surface area contributed by atoms with Gasteiger partial charge in [-0.1, -0.05) is 6.07 Å². The number of nitriles is 1. The summed E-state index contributed by atoms with van der Waals surface area (Å²) < 4.78 is 35.9. The van der Waals surface area contributed by atoms with Crippen LogP contribution in [0.3, 0.4) is 0 Å². The van der Waals surface area contributed by atoms with Crippen LogP contribution in [0.25, 0.3) is 0 Å². The van der Waals surface area contributed by atoms with Crippen molar-refractivity contribution in [2.24, 2.45) is 0 Å². The third-order valence-electron chi connectivity index (χ3n) is 2.18. The molecule has 0 aliphatic heterocycles. The number of halogens is 1. The van der Waals surface area contributed by atoms with Crippen LogP contribution in [0.2, 0.25) is 0 Å². The summed E-state index contributed by atoms with van der Waals surface area (Å²) in [5.41, 5.74) is 0.443. The highest BCUT2D eigenvalue weighted by atomic mass is 31.2. The Morgan fingerprint density at radius 1 is 1.33 bits per heavy atom. The lowest BCUT2D eigenvalue weighted by Gasteiger charge is -2.16. The topological polar surface area (TPSA) is 59.3 Å². The summed E-state index contributed by atoms with van der Waals surface area (Å²) in [6, 6.07) is 5.81. The molecule has 4 nitrogen and oxygen atoms in total. The summed E-state index contributed by atoms with van der Waals surface area (Å²) in [7, 11) is -3.23. The van der Waals surface area contributed by atoms with E-state index < -0.39 is 13.4 Å². The molecule has 18 heavy (non-hydrogen) atoms. The van der Waals surface area contributed by atoms with Crippen LogP contribution in [0.5, 0.6) is 0 Å². The summed E-state index contributed by atoms with van der Waals surface area (Å²) in [6.45, 7) is 3.95. The molecule has 1 aromatic carbocycles. The summed E-state index contributed by atoms with van der Waals surface area (Å²) >= 11 is 0. The lowest BCUT2D eigenvalue weighted by molar-refractivity contribution is 0.219. The minimum absolute atomic E-state index is 0.00267. The summed E-state index contributed by atoms with van der Waals surface area (Å²) in [6.07, 6.45) is -0.00267. The van der Waals surface area contributed by atoms with E-state index in [0.717, 1.165) is 0 Å². The molecule has 1 aromatic rings. The SMILES string of the molecule is CCOP(=O)(Cc1ccc(C#N)c(F)c1)OCC. The zero-order valence-corrected chi connectivity index (χ0v) is 11.2. The number of hydrogen-bond donors (Lipinski definition) is 0. The molecule has 0 unspecified atom stereocenters. The summed E-state index contributed by atoms with van der Waals surface area (Å²) in [4.78, 5) is 0. The molecule has 1 rings (SSSR count). The van der Waals surface area contributed by atoms with Crippen LogP contribution in [-0.2, 0) is 19.8 Å². The van der Waals surface area contributed by atoms with Gasteiger partial charge in [-0.15, -0.1) is 0 Å². The molecule has 0 amide bonds. The molecule has 6 heteroatoms. The van der Waals surface area contributed by atoms with Crippen molar-refractivity contribution < 1.29 is 18.0 Å². The first-order chi connectivity index (χ1) is 8.54. The van der Waals surface area contributed by atoms with Gasteiger partial charge >= 0.3 is 7.60 Å². The molecule has 0 aromatic heterocycles. The lowest BCUT2D eigenvalue weighted by atomic mass is 10.1. The van der Waals surface area contributed by atoms with Crippen molar-refractivity contribution in [2.45, 2.75) is 20.0 Å². The standard InChI is InChI=1S/C12H15FNO3P/c1-3-16-18(15,17-4-2)9-10-5-6-11(8-14)12(13)7-10/h5-7H,3-4,9H2,1-2H3. The number of benzene rings is 1. The van der Waals surface area contributed by atoms with E-state index in [0.29, 0.717) is 5.56 Å². The van der Waals surface area contributed by atoms with E-state index in [2.05, 4.69) is 0 Å². The monoisotopic (exact) mass is 271 g/mol. The molecular formula is C12H15FNO3P. The predicted molar refractivity (Wildman–Crippen MR) is 65.7 cm³/mol. The second-order valence-electron chi connectivity index (χ2n) is 3.53. The van der Waals surface area contributed by atoms with E-state index in [1.54, 1.807) is 26.0 Å². The van der Waals surface area contributed by atoms with Gasteiger partial charge in [0.1, 0.15) is 11.9 Å². The van der Waals surface area contributed by atoms with Gasteiger partial charge in [0, 0.05) is 0 Å². The average Bonchev–Trinajstić information content (AvgIpc) is 2.29. The Balaban J connectivity index is 2.92. The van der Waals surface area contributed by atoms with Gasteiger partial charge in [-0.2, -0.15) is 5.26 Å². The Kier molecular flexibility index (Phi) is 5.49. The van der Waals surface area contributed by atoms with E-state index >= 15 is 0 Å². The minimum Gasteiger partial charge on any atom is -0.309 e. The third-order valence-corrected chi connectivity index (χ3v) is 4.24. The van der Waals surface area contributed by atoms with Crippen molar-refractivity contribution in [3.8, 4) is 6.07 Å². The van der Waals surface area contributed by atoms with Crippen LogP contribution < -0.4 is 0 Å². The molecule has 0 fully saturated rings. The second kappa shape index (κ2) is 6.65. The van der Waals surface area contributed by atoms with Crippen LogP contribution in [-0.4, -0.2) is 13.2 Å². The van der Waals surface area contributed by atoms with Crippen LogP contribution in [0.1, 0.15) is 25.0 Å². The van der Waals surface area contributed by atoms with Crippen LogP contribution >= 0.6 is 7.60 Å². The molecule has 0 atom stereocenters. The summed E-state index contributed by atoms with van der Waals surface area (Å²) in [5.74, 6) is -0.630. The fraction of sp³-hybridized carbons (Fsp3) is 0.417. The van der Waals surface area contributed by atoms with Crippen LogP contribution in [0.4, 0.5) is 4.39 Å². The largest absolute Gasteiger partial charge is 0.335 e. The summed E-state index contributed by atoms with van der Waals surface area (Å²) in [5, 5.41) is 8.62. The van der Waals surface area contributed by atoms with Crippen molar-refractivity contribution in [3.63, 3.8) is 0 Å². The Hall–Kier alpha value is -1.21. The smallest absolute Gasteiger partial charge is 0.309 e.